The summed E-state index contributed by atoms with van der Waals surface area (Å²) < 4.78 is 6.12. The summed E-state index contributed by atoms with van der Waals surface area (Å²) in [5.74, 6) is 2.37. The van der Waals surface area contributed by atoms with E-state index in [0.717, 1.165) is 38.1 Å². The van der Waals surface area contributed by atoms with E-state index in [2.05, 4.69) is 20.2 Å². The van der Waals surface area contributed by atoms with Crippen molar-refractivity contribution in [2.75, 3.05) is 31.1 Å². The minimum Gasteiger partial charge on any atom is -0.377 e. The lowest BCUT2D eigenvalue weighted by Crippen LogP contribution is -2.68. The van der Waals surface area contributed by atoms with Crippen LogP contribution in [0.3, 0.4) is 0 Å². The lowest BCUT2D eigenvalue weighted by molar-refractivity contribution is -0.131. The Balaban J connectivity index is 1.21. The molecule has 1 spiro atoms. The molecule has 25 heavy (non-hydrogen) atoms. The summed E-state index contributed by atoms with van der Waals surface area (Å²) in [7, 11) is 0. The Hall–Kier alpha value is -1.20. The van der Waals surface area contributed by atoms with Crippen molar-refractivity contribution >= 4 is 5.95 Å². The van der Waals surface area contributed by atoms with Crippen LogP contribution in [0.15, 0.2) is 18.5 Å². The van der Waals surface area contributed by atoms with Gasteiger partial charge in [0.05, 0.1) is 6.10 Å². The molecule has 136 valence electrons. The Morgan fingerprint density at radius 1 is 1.16 bits per heavy atom. The van der Waals surface area contributed by atoms with Gasteiger partial charge in [-0.05, 0) is 50.6 Å². The highest BCUT2D eigenvalue weighted by molar-refractivity contribution is 5.29. The second-order valence-electron chi connectivity index (χ2n) is 8.57. The van der Waals surface area contributed by atoms with Gasteiger partial charge in [-0.3, -0.25) is 0 Å². The molecule has 2 aliphatic heterocycles. The van der Waals surface area contributed by atoms with E-state index in [-0.39, 0.29) is 0 Å². The van der Waals surface area contributed by atoms with E-state index in [1.807, 2.05) is 18.5 Å². The molecule has 5 nitrogen and oxygen atoms in total. The second-order valence-corrected chi connectivity index (χ2v) is 8.57. The molecular formula is C20H30N4O. The molecule has 1 N–H and O–H groups in total. The van der Waals surface area contributed by atoms with Crippen LogP contribution in [0.2, 0.25) is 0 Å². The maximum absolute atomic E-state index is 6.12. The minimum atomic E-state index is 0.470. The fraction of sp³-hybridized carbons (Fsp3) is 0.800. The third-order valence-electron chi connectivity index (χ3n) is 7.27. The Kier molecular flexibility index (Phi) is 4.17. The molecule has 3 heterocycles. The summed E-state index contributed by atoms with van der Waals surface area (Å²) in [6.07, 6.45) is 13.6. The lowest BCUT2D eigenvalue weighted by atomic mass is 9.54. The van der Waals surface area contributed by atoms with Crippen LogP contribution >= 0.6 is 0 Å². The molecular weight excluding hydrogens is 312 g/mol. The van der Waals surface area contributed by atoms with E-state index < -0.39 is 0 Å². The highest BCUT2D eigenvalue weighted by Crippen LogP contribution is 2.60. The van der Waals surface area contributed by atoms with Crippen LogP contribution in [0.25, 0.3) is 0 Å². The number of aromatic nitrogens is 2. The van der Waals surface area contributed by atoms with Crippen molar-refractivity contribution in [1.29, 1.82) is 0 Å². The van der Waals surface area contributed by atoms with E-state index in [1.165, 1.54) is 44.9 Å². The summed E-state index contributed by atoms with van der Waals surface area (Å²) in [5, 5.41) is 4.02. The Morgan fingerprint density at radius 2 is 2.00 bits per heavy atom. The molecule has 0 amide bonds. The van der Waals surface area contributed by atoms with Crippen molar-refractivity contribution < 1.29 is 4.74 Å². The van der Waals surface area contributed by atoms with Gasteiger partial charge in [0.15, 0.2) is 0 Å². The molecule has 4 aliphatic rings. The highest BCUT2D eigenvalue weighted by Gasteiger charge is 2.64. The number of rotatable bonds is 4. The molecule has 5 heteroatoms. The first-order valence-electron chi connectivity index (χ1n) is 10.2. The monoisotopic (exact) mass is 342 g/mol. The Labute approximate surface area is 150 Å². The van der Waals surface area contributed by atoms with Crippen molar-refractivity contribution in [1.82, 2.24) is 15.3 Å². The first-order valence-corrected chi connectivity index (χ1v) is 10.2. The first kappa shape index (κ1) is 16.0. The number of hydrogen-bond acceptors (Lipinski definition) is 5. The molecule has 4 atom stereocenters. The van der Waals surface area contributed by atoms with Gasteiger partial charge in [-0.25, -0.2) is 9.97 Å². The van der Waals surface area contributed by atoms with Crippen LogP contribution in [0.5, 0.6) is 0 Å². The summed E-state index contributed by atoms with van der Waals surface area (Å²) in [6.45, 7) is 4.30. The van der Waals surface area contributed by atoms with Crippen LogP contribution in [-0.2, 0) is 4.74 Å². The zero-order chi connectivity index (χ0) is 16.7. The van der Waals surface area contributed by atoms with Gasteiger partial charge < -0.3 is 15.0 Å². The average Bonchev–Trinajstić information content (AvgIpc) is 3.32. The smallest absolute Gasteiger partial charge is 0.225 e. The highest BCUT2D eigenvalue weighted by atomic mass is 16.5. The van der Waals surface area contributed by atoms with Gasteiger partial charge in [0, 0.05) is 49.5 Å². The fourth-order valence-corrected chi connectivity index (χ4v) is 6.17. The van der Waals surface area contributed by atoms with Gasteiger partial charge in [0.1, 0.15) is 0 Å². The molecule has 0 aromatic carbocycles. The SMILES string of the molecule is c1cnc(N2CCC[C@H](CN[C@@H]3[C@@H]4CCO[C@H]4C34CCCC4)C2)nc1. The van der Waals surface area contributed by atoms with Gasteiger partial charge in [-0.1, -0.05) is 12.8 Å². The van der Waals surface area contributed by atoms with Crippen LogP contribution < -0.4 is 10.2 Å². The first-order chi connectivity index (χ1) is 12.4. The van der Waals surface area contributed by atoms with Gasteiger partial charge in [0.25, 0.3) is 0 Å². The Morgan fingerprint density at radius 3 is 2.84 bits per heavy atom. The van der Waals surface area contributed by atoms with Crippen LogP contribution in [0, 0.1) is 17.3 Å². The third-order valence-corrected chi connectivity index (χ3v) is 7.27. The van der Waals surface area contributed by atoms with E-state index >= 15 is 0 Å². The van der Waals surface area contributed by atoms with Crippen molar-refractivity contribution in [2.45, 2.75) is 57.1 Å². The molecule has 5 rings (SSSR count). The molecule has 1 aromatic heterocycles. The van der Waals surface area contributed by atoms with Crippen LogP contribution in [0.1, 0.15) is 44.9 Å². The summed E-state index contributed by atoms with van der Waals surface area (Å²) in [4.78, 5) is 11.2. The maximum atomic E-state index is 6.12. The van der Waals surface area contributed by atoms with Crippen molar-refractivity contribution in [3.63, 3.8) is 0 Å². The molecule has 0 radical (unpaired) electrons. The largest absolute Gasteiger partial charge is 0.377 e. The topological polar surface area (TPSA) is 50.3 Å². The normalized spacial score (nSPS) is 36.4. The zero-order valence-corrected chi connectivity index (χ0v) is 15.1. The minimum absolute atomic E-state index is 0.470. The van der Waals surface area contributed by atoms with Gasteiger partial charge in [-0.2, -0.15) is 0 Å². The van der Waals surface area contributed by atoms with Crippen molar-refractivity contribution in [3.8, 4) is 0 Å². The number of hydrogen-bond donors (Lipinski definition) is 1. The van der Waals surface area contributed by atoms with Crippen molar-refractivity contribution in [2.24, 2.45) is 17.3 Å². The molecule has 0 unspecified atom stereocenters. The number of fused-ring (bicyclic) bond motifs is 2. The predicted molar refractivity (Wildman–Crippen MR) is 97.5 cm³/mol. The molecule has 2 saturated carbocycles. The lowest BCUT2D eigenvalue weighted by Gasteiger charge is -2.57. The second kappa shape index (κ2) is 6.51. The molecule has 0 bridgehead atoms. The standard InChI is InChI=1S/C20H30N4O/c1-2-8-20(7-1)17(16-6-12-25-18(16)20)23-13-15-5-3-11-24(14-15)19-21-9-4-10-22-19/h4,9-10,15-18,23H,1-3,5-8,11-14H2/t15-,16+,17-,18-/m1/s1. The third kappa shape index (κ3) is 2.67. The zero-order valence-electron chi connectivity index (χ0n) is 15.1. The summed E-state index contributed by atoms with van der Waals surface area (Å²) in [5.41, 5.74) is 0.470. The summed E-state index contributed by atoms with van der Waals surface area (Å²) >= 11 is 0. The molecule has 2 aliphatic carbocycles. The van der Waals surface area contributed by atoms with E-state index in [4.69, 9.17) is 4.74 Å². The van der Waals surface area contributed by atoms with E-state index in [9.17, 15) is 0 Å². The molecule has 4 fully saturated rings. The number of anilines is 1. The van der Waals surface area contributed by atoms with Gasteiger partial charge in [-0.15, -0.1) is 0 Å². The quantitative estimate of drug-likeness (QED) is 0.911. The molecule has 2 saturated heterocycles. The number of nitrogens with one attached hydrogen (secondary N) is 1. The maximum Gasteiger partial charge on any atom is 0.225 e. The number of ether oxygens (including phenoxy) is 1. The van der Waals surface area contributed by atoms with Crippen LogP contribution in [-0.4, -0.2) is 48.4 Å². The van der Waals surface area contributed by atoms with Gasteiger partial charge in [0.2, 0.25) is 5.95 Å². The fourth-order valence-electron chi connectivity index (χ4n) is 6.17. The van der Waals surface area contributed by atoms with E-state index in [1.54, 1.807) is 0 Å². The average molecular weight is 342 g/mol. The number of nitrogens with zero attached hydrogens (tertiary/aromatic N) is 3. The predicted octanol–water partition coefficient (Wildman–Crippen LogP) is 2.63. The van der Waals surface area contributed by atoms with Crippen LogP contribution in [0.4, 0.5) is 5.95 Å². The summed E-state index contributed by atoms with van der Waals surface area (Å²) in [6, 6.07) is 2.59. The van der Waals surface area contributed by atoms with Crippen molar-refractivity contribution in [3.05, 3.63) is 18.5 Å². The Bertz CT molecular complexity index is 589. The number of piperidine rings is 1. The molecule has 1 aromatic rings. The van der Waals surface area contributed by atoms with Gasteiger partial charge >= 0.3 is 0 Å². The van der Waals surface area contributed by atoms with E-state index in [0.29, 0.717) is 23.5 Å².